The monoisotopic (exact) mass is 192 g/mol. The summed E-state index contributed by atoms with van der Waals surface area (Å²) in [5.74, 6) is -0.127. The zero-order valence-electron chi connectivity index (χ0n) is 7.48. The van der Waals surface area contributed by atoms with Gasteiger partial charge in [-0.2, -0.15) is 0 Å². The average Bonchev–Trinajstić information content (AvgIpc) is 2.59. The van der Waals surface area contributed by atoms with Gasteiger partial charge >= 0.3 is 5.91 Å². The van der Waals surface area contributed by atoms with Gasteiger partial charge in [-0.25, -0.2) is 4.98 Å². The van der Waals surface area contributed by atoms with Gasteiger partial charge in [-0.1, -0.05) is 0 Å². The summed E-state index contributed by atoms with van der Waals surface area (Å²) >= 11 is 0. The van der Waals surface area contributed by atoms with Gasteiger partial charge in [-0.3, -0.25) is 4.79 Å². The quantitative estimate of drug-likeness (QED) is 0.767. The van der Waals surface area contributed by atoms with E-state index in [1.807, 2.05) is 0 Å². The molecule has 2 rings (SSSR count). The van der Waals surface area contributed by atoms with E-state index in [0.29, 0.717) is 16.8 Å². The molecule has 0 bridgehead atoms. The fourth-order valence-corrected chi connectivity index (χ4v) is 1.14. The molecule has 5 heteroatoms. The van der Waals surface area contributed by atoms with Crippen LogP contribution in [0.25, 0.3) is 11.1 Å². The topological polar surface area (TPSA) is 78.4 Å². The molecule has 2 aromatic rings. The summed E-state index contributed by atoms with van der Waals surface area (Å²) in [6.07, 6.45) is 0. The molecule has 0 unspecified atom stereocenters. The molecule has 0 spiro atoms. The Morgan fingerprint density at radius 1 is 1.57 bits per heavy atom. The number of ether oxygens (including phenoxy) is 1. The second-order valence-corrected chi connectivity index (χ2v) is 2.72. The largest absolute Gasteiger partial charge is 0.497 e. The summed E-state index contributed by atoms with van der Waals surface area (Å²) in [4.78, 5) is 14.7. The number of oxazole rings is 1. The first-order chi connectivity index (χ1) is 6.70. The lowest BCUT2D eigenvalue weighted by atomic mass is 10.3. The van der Waals surface area contributed by atoms with E-state index in [1.54, 1.807) is 25.3 Å². The maximum atomic E-state index is 10.8. The third kappa shape index (κ3) is 1.28. The number of amides is 1. The summed E-state index contributed by atoms with van der Waals surface area (Å²) in [7, 11) is 1.55. The Morgan fingerprint density at radius 3 is 3.00 bits per heavy atom. The van der Waals surface area contributed by atoms with Crippen LogP contribution >= 0.6 is 0 Å². The van der Waals surface area contributed by atoms with Gasteiger partial charge in [0.2, 0.25) is 0 Å². The third-order valence-electron chi connectivity index (χ3n) is 1.81. The van der Waals surface area contributed by atoms with Crippen LogP contribution in [0.1, 0.15) is 10.7 Å². The van der Waals surface area contributed by atoms with E-state index in [1.165, 1.54) is 0 Å². The molecule has 1 heterocycles. The molecule has 0 saturated heterocycles. The molecule has 5 nitrogen and oxygen atoms in total. The minimum absolute atomic E-state index is 0.0896. The molecule has 1 amide bonds. The first-order valence-electron chi connectivity index (χ1n) is 3.95. The number of nitrogens with zero attached hydrogens (tertiary/aromatic N) is 1. The number of fused-ring (bicyclic) bond motifs is 1. The molecular formula is C9H8N2O3. The van der Waals surface area contributed by atoms with Gasteiger partial charge in [0.25, 0.3) is 5.89 Å². The second kappa shape index (κ2) is 3.02. The van der Waals surface area contributed by atoms with Gasteiger partial charge in [0.05, 0.1) is 7.11 Å². The van der Waals surface area contributed by atoms with Crippen molar-refractivity contribution in [3.63, 3.8) is 0 Å². The fourth-order valence-electron chi connectivity index (χ4n) is 1.14. The van der Waals surface area contributed by atoms with Crippen molar-refractivity contribution in [1.82, 2.24) is 4.98 Å². The van der Waals surface area contributed by atoms with Gasteiger partial charge in [-0.05, 0) is 12.1 Å². The van der Waals surface area contributed by atoms with Crippen LogP contribution in [-0.2, 0) is 0 Å². The van der Waals surface area contributed by atoms with E-state index in [4.69, 9.17) is 14.9 Å². The predicted molar refractivity (Wildman–Crippen MR) is 49.1 cm³/mol. The molecular weight excluding hydrogens is 184 g/mol. The number of rotatable bonds is 2. The lowest BCUT2D eigenvalue weighted by molar-refractivity contribution is 0.0969. The number of carbonyl (C=O) groups is 1. The lowest BCUT2D eigenvalue weighted by Gasteiger charge is -1.95. The highest BCUT2D eigenvalue weighted by atomic mass is 16.5. The van der Waals surface area contributed by atoms with Crippen molar-refractivity contribution in [1.29, 1.82) is 0 Å². The number of carbonyl (C=O) groups excluding carboxylic acids is 1. The summed E-state index contributed by atoms with van der Waals surface area (Å²) in [5.41, 5.74) is 6.09. The maximum Gasteiger partial charge on any atom is 0.304 e. The summed E-state index contributed by atoms with van der Waals surface area (Å²) < 4.78 is 10.1. The molecule has 0 saturated carbocycles. The van der Waals surface area contributed by atoms with E-state index in [-0.39, 0.29) is 5.89 Å². The van der Waals surface area contributed by atoms with Crippen LogP contribution in [0.15, 0.2) is 22.6 Å². The number of hydrogen-bond acceptors (Lipinski definition) is 4. The van der Waals surface area contributed by atoms with E-state index in [0.717, 1.165) is 0 Å². The van der Waals surface area contributed by atoms with E-state index >= 15 is 0 Å². The molecule has 0 fully saturated rings. The Balaban J connectivity index is 2.60. The number of methoxy groups -OCH3 is 1. The average molecular weight is 192 g/mol. The van der Waals surface area contributed by atoms with Crippen molar-refractivity contribution in [2.24, 2.45) is 5.73 Å². The van der Waals surface area contributed by atoms with Crippen LogP contribution < -0.4 is 10.5 Å². The van der Waals surface area contributed by atoms with Gasteiger partial charge in [0, 0.05) is 6.07 Å². The minimum atomic E-state index is -0.680. The van der Waals surface area contributed by atoms with Gasteiger partial charge < -0.3 is 14.9 Å². The van der Waals surface area contributed by atoms with Crippen molar-refractivity contribution in [2.75, 3.05) is 7.11 Å². The highest BCUT2D eigenvalue weighted by molar-refractivity contribution is 5.91. The van der Waals surface area contributed by atoms with Crippen LogP contribution in [0.5, 0.6) is 5.75 Å². The lowest BCUT2D eigenvalue weighted by Crippen LogP contribution is -2.10. The van der Waals surface area contributed by atoms with Crippen LogP contribution in [0.2, 0.25) is 0 Å². The molecule has 2 N–H and O–H groups in total. The number of nitrogens with two attached hydrogens (primary N) is 1. The van der Waals surface area contributed by atoms with Crippen molar-refractivity contribution < 1.29 is 13.9 Å². The Morgan fingerprint density at radius 2 is 2.36 bits per heavy atom. The van der Waals surface area contributed by atoms with Crippen molar-refractivity contribution in [3.05, 3.63) is 24.1 Å². The zero-order chi connectivity index (χ0) is 10.1. The van der Waals surface area contributed by atoms with Gasteiger partial charge in [0.15, 0.2) is 5.58 Å². The number of aromatic nitrogens is 1. The van der Waals surface area contributed by atoms with Crippen molar-refractivity contribution >= 4 is 17.0 Å². The Labute approximate surface area is 79.5 Å². The molecule has 0 aliphatic rings. The highest BCUT2D eigenvalue weighted by Gasteiger charge is 2.10. The minimum Gasteiger partial charge on any atom is -0.497 e. The van der Waals surface area contributed by atoms with Gasteiger partial charge in [-0.15, -0.1) is 0 Å². The van der Waals surface area contributed by atoms with E-state index < -0.39 is 5.91 Å². The summed E-state index contributed by atoms with van der Waals surface area (Å²) in [6, 6.07) is 5.08. The van der Waals surface area contributed by atoms with Crippen LogP contribution in [0, 0.1) is 0 Å². The third-order valence-corrected chi connectivity index (χ3v) is 1.81. The number of benzene rings is 1. The Hall–Kier alpha value is -2.04. The molecule has 72 valence electrons. The second-order valence-electron chi connectivity index (χ2n) is 2.72. The fraction of sp³-hybridized carbons (Fsp3) is 0.111. The normalized spacial score (nSPS) is 10.4. The maximum absolute atomic E-state index is 10.8. The van der Waals surface area contributed by atoms with Crippen molar-refractivity contribution in [3.8, 4) is 5.75 Å². The molecule has 0 atom stereocenters. The molecule has 0 aliphatic carbocycles. The molecule has 14 heavy (non-hydrogen) atoms. The Bertz CT molecular complexity index is 490. The smallest absolute Gasteiger partial charge is 0.304 e. The number of hydrogen-bond donors (Lipinski definition) is 1. The standard InChI is InChI=1S/C9H8N2O3/c1-13-5-2-3-6-7(4-5)14-9(11-6)8(10)12/h2-4H,1H3,(H2,10,12). The zero-order valence-corrected chi connectivity index (χ0v) is 7.48. The van der Waals surface area contributed by atoms with E-state index in [9.17, 15) is 4.79 Å². The molecule has 0 radical (unpaired) electrons. The van der Waals surface area contributed by atoms with Crippen LogP contribution in [-0.4, -0.2) is 18.0 Å². The van der Waals surface area contributed by atoms with Crippen LogP contribution in [0.4, 0.5) is 0 Å². The Kier molecular flexibility index (Phi) is 1.85. The highest BCUT2D eigenvalue weighted by Crippen LogP contribution is 2.20. The summed E-state index contributed by atoms with van der Waals surface area (Å²) in [6.45, 7) is 0. The summed E-state index contributed by atoms with van der Waals surface area (Å²) in [5, 5.41) is 0. The molecule has 1 aromatic carbocycles. The van der Waals surface area contributed by atoms with Crippen molar-refractivity contribution in [2.45, 2.75) is 0 Å². The first kappa shape index (κ1) is 8.55. The first-order valence-corrected chi connectivity index (χ1v) is 3.95. The van der Waals surface area contributed by atoms with Gasteiger partial charge in [0.1, 0.15) is 11.3 Å². The van der Waals surface area contributed by atoms with E-state index in [2.05, 4.69) is 4.98 Å². The molecule has 1 aromatic heterocycles. The SMILES string of the molecule is COc1ccc2nc(C(N)=O)oc2c1. The predicted octanol–water partition coefficient (Wildman–Crippen LogP) is 0.935. The molecule has 0 aliphatic heterocycles. The van der Waals surface area contributed by atoms with Crippen LogP contribution in [0.3, 0.4) is 0 Å². The number of primary amides is 1.